The van der Waals surface area contributed by atoms with Crippen LogP contribution in [-0.2, 0) is 4.79 Å². The van der Waals surface area contributed by atoms with Crippen molar-refractivity contribution in [1.82, 2.24) is 20.8 Å². The Hall–Kier alpha value is -1.43. The van der Waals surface area contributed by atoms with Gasteiger partial charge in [0.2, 0.25) is 11.8 Å². The maximum atomic E-state index is 11.1. The Morgan fingerprint density at radius 1 is 1.24 bits per heavy atom. The molecule has 6 nitrogen and oxygen atoms in total. The van der Waals surface area contributed by atoms with Crippen LogP contribution in [0.2, 0.25) is 0 Å². The second-order valence-corrected chi connectivity index (χ2v) is 4.67. The maximum Gasteiger partial charge on any atom is 0.249 e. The number of piperidine rings is 1. The van der Waals surface area contributed by atoms with Crippen molar-refractivity contribution in [3.63, 3.8) is 0 Å². The molecule has 6 heteroatoms. The number of carbonyl (C=O) groups excluding carboxylic acids is 1. The van der Waals surface area contributed by atoms with Crippen molar-refractivity contribution in [2.24, 2.45) is 0 Å². The Bertz CT molecular complexity index is 411. The van der Waals surface area contributed by atoms with E-state index in [1.165, 1.54) is 0 Å². The van der Waals surface area contributed by atoms with Crippen molar-refractivity contribution in [3.05, 3.63) is 11.7 Å². The second-order valence-electron chi connectivity index (χ2n) is 4.67. The highest BCUT2D eigenvalue weighted by molar-refractivity contribution is 5.78. The van der Waals surface area contributed by atoms with Gasteiger partial charge in [-0.15, -0.1) is 0 Å². The van der Waals surface area contributed by atoms with Crippen LogP contribution in [0.3, 0.4) is 0 Å². The van der Waals surface area contributed by atoms with Crippen molar-refractivity contribution >= 4 is 5.91 Å². The molecule has 2 N–H and O–H groups in total. The average molecular weight is 236 g/mol. The van der Waals surface area contributed by atoms with Crippen LogP contribution in [0.1, 0.15) is 49.4 Å². The number of hydrogen-bond acceptors (Lipinski definition) is 5. The summed E-state index contributed by atoms with van der Waals surface area (Å²) in [5, 5.41) is 10.2. The first-order valence-electron chi connectivity index (χ1n) is 6.16. The molecule has 0 aromatic carbocycles. The van der Waals surface area contributed by atoms with Gasteiger partial charge in [-0.1, -0.05) is 5.16 Å². The van der Waals surface area contributed by atoms with Gasteiger partial charge in [0.25, 0.3) is 0 Å². The van der Waals surface area contributed by atoms with Crippen LogP contribution in [0.4, 0.5) is 0 Å². The van der Waals surface area contributed by atoms with E-state index in [1.54, 1.807) is 0 Å². The lowest BCUT2D eigenvalue weighted by Crippen LogP contribution is -2.27. The van der Waals surface area contributed by atoms with E-state index in [0.717, 1.165) is 38.2 Å². The van der Waals surface area contributed by atoms with Crippen LogP contribution in [0, 0.1) is 0 Å². The molecule has 1 atom stereocenters. The molecule has 2 aliphatic rings. The first-order chi connectivity index (χ1) is 8.33. The van der Waals surface area contributed by atoms with E-state index in [1.807, 2.05) is 0 Å². The van der Waals surface area contributed by atoms with E-state index in [9.17, 15) is 4.79 Å². The quantitative estimate of drug-likeness (QED) is 0.781. The van der Waals surface area contributed by atoms with Gasteiger partial charge in [-0.3, -0.25) is 4.79 Å². The molecule has 2 fully saturated rings. The molecule has 0 bridgehead atoms. The highest BCUT2D eigenvalue weighted by Crippen LogP contribution is 2.26. The minimum Gasteiger partial charge on any atom is -0.344 e. The average Bonchev–Trinajstić information content (AvgIpc) is 2.98. The molecule has 0 spiro atoms. The van der Waals surface area contributed by atoms with Gasteiger partial charge in [0.05, 0.1) is 0 Å². The second kappa shape index (κ2) is 4.44. The number of carbonyl (C=O) groups is 1. The van der Waals surface area contributed by atoms with Crippen LogP contribution >= 0.6 is 0 Å². The predicted molar refractivity (Wildman–Crippen MR) is 59.3 cm³/mol. The topological polar surface area (TPSA) is 80.1 Å². The highest BCUT2D eigenvalue weighted by atomic mass is 16.5. The van der Waals surface area contributed by atoms with Crippen LogP contribution in [0.25, 0.3) is 0 Å². The van der Waals surface area contributed by atoms with Gasteiger partial charge in [0.15, 0.2) is 5.82 Å². The molecular formula is C11H16N4O2. The summed E-state index contributed by atoms with van der Waals surface area (Å²) in [4.78, 5) is 15.6. The molecule has 92 valence electrons. The molecule has 0 saturated carbocycles. The lowest BCUT2D eigenvalue weighted by Gasteiger charge is -2.19. The van der Waals surface area contributed by atoms with Crippen molar-refractivity contribution in [2.45, 2.75) is 37.6 Å². The van der Waals surface area contributed by atoms with Gasteiger partial charge in [0, 0.05) is 12.3 Å². The first-order valence-corrected chi connectivity index (χ1v) is 6.16. The minimum atomic E-state index is -0.0783. The summed E-state index contributed by atoms with van der Waals surface area (Å²) >= 11 is 0. The van der Waals surface area contributed by atoms with Crippen molar-refractivity contribution in [3.8, 4) is 0 Å². The summed E-state index contributed by atoms with van der Waals surface area (Å²) in [5.74, 6) is 1.81. The van der Waals surface area contributed by atoms with Gasteiger partial charge in [-0.05, 0) is 32.4 Å². The van der Waals surface area contributed by atoms with E-state index in [-0.39, 0.29) is 11.9 Å². The largest absolute Gasteiger partial charge is 0.344 e. The molecule has 0 aliphatic carbocycles. The molecule has 3 heterocycles. The van der Waals surface area contributed by atoms with Crippen LogP contribution in [0.15, 0.2) is 4.52 Å². The number of nitrogens with one attached hydrogen (secondary N) is 2. The lowest BCUT2D eigenvalue weighted by molar-refractivity contribution is -0.119. The standard InChI is InChI=1S/C11H16N4O2/c16-9-2-1-8(13-9)11-14-10(15-17-11)7-3-5-12-6-4-7/h7-8,12H,1-6H2,(H,13,16)/t8-/m0/s1. The van der Waals surface area contributed by atoms with Crippen LogP contribution in [-0.4, -0.2) is 29.1 Å². The van der Waals surface area contributed by atoms with E-state index >= 15 is 0 Å². The third-order valence-corrected chi connectivity index (χ3v) is 3.46. The zero-order valence-electron chi connectivity index (χ0n) is 9.61. The SMILES string of the molecule is O=C1CC[C@@H](c2nc(C3CCNCC3)no2)N1. The Morgan fingerprint density at radius 2 is 2.06 bits per heavy atom. The summed E-state index contributed by atoms with van der Waals surface area (Å²) in [5.41, 5.74) is 0. The van der Waals surface area contributed by atoms with Crippen LogP contribution in [0.5, 0.6) is 0 Å². The van der Waals surface area contributed by atoms with E-state index in [2.05, 4.69) is 20.8 Å². The Labute approximate surface area is 99.2 Å². The highest BCUT2D eigenvalue weighted by Gasteiger charge is 2.29. The Morgan fingerprint density at radius 3 is 2.76 bits per heavy atom. The molecule has 0 unspecified atom stereocenters. The summed E-state index contributed by atoms with van der Waals surface area (Å²) in [6, 6.07) is -0.0783. The van der Waals surface area contributed by atoms with Gasteiger partial charge in [-0.2, -0.15) is 4.98 Å². The minimum absolute atomic E-state index is 0.0663. The van der Waals surface area contributed by atoms with Crippen molar-refractivity contribution < 1.29 is 9.32 Å². The van der Waals surface area contributed by atoms with Crippen molar-refractivity contribution in [1.29, 1.82) is 0 Å². The van der Waals surface area contributed by atoms with Gasteiger partial charge in [0.1, 0.15) is 6.04 Å². The van der Waals surface area contributed by atoms with Gasteiger partial charge in [-0.25, -0.2) is 0 Å². The summed E-state index contributed by atoms with van der Waals surface area (Å²) < 4.78 is 5.25. The number of nitrogens with zero attached hydrogens (tertiary/aromatic N) is 2. The van der Waals surface area contributed by atoms with Gasteiger partial charge >= 0.3 is 0 Å². The number of rotatable bonds is 2. The number of hydrogen-bond donors (Lipinski definition) is 2. The normalized spacial score (nSPS) is 26.1. The third-order valence-electron chi connectivity index (χ3n) is 3.46. The summed E-state index contributed by atoms with van der Waals surface area (Å²) in [6.45, 7) is 2.02. The fourth-order valence-electron chi connectivity index (χ4n) is 2.43. The van der Waals surface area contributed by atoms with Gasteiger partial charge < -0.3 is 15.2 Å². The Kier molecular flexibility index (Phi) is 2.80. The van der Waals surface area contributed by atoms with Crippen molar-refractivity contribution in [2.75, 3.05) is 13.1 Å². The van der Waals surface area contributed by atoms with E-state index in [4.69, 9.17) is 4.52 Å². The summed E-state index contributed by atoms with van der Waals surface area (Å²) in [7, 11) is 0. The fourth-order valence-corrected chi connectivity index (χ4v) is 2.43. The Balaban J connectivity index is 1.71. The monoisotopic (exact) mass is 236 g/mol. The third kappa shape index (κ3) is 2.17. The first kappa shape index (κ1) is 10.7. The smallest absolute Gasteiger partial charge is 0.249 e. The molecule has 1 aromatic rings. The molecule has 3 rings (SSSR count). The molecule has 1 amide bonds. The number of amides is 1. The molecule has 0 radical (unpaired) electrons. The molecule has 17 heavy (non-hydrogen) atoms. The summed E-state index contributed by atoms with van der Waals surface area (Å²) in [6.07, 6.45) is 3.41. The zero-order chi connectivity index (χ0) is 11.7. The van der Waals surface area contributed by atoms with Crippen LogP contribution < -0.4 is 10.6 Å². The van der Waals surface area contributed by atoms with E-state index in [0.29, 0.717) is 18.2 Å². The zero-order valence-corrected chi connectivity index (χ0v) is 9.61. The molecular weight excluding hydrogens is 220 g/mol. The predicted octanol–water partition coefficient (Wildman–Crippen LogP) is 0.488. The lowest BCUT2D eigenvalue weighted by atomic mass is 9.98. The maximum absolute atomic E-state index is 11.1. The molecule has 2 aliphatic heterocycles. The molecule has 1 aromatic heterocycles. The number of aromatic nitrogens is 2. The van der Waals surface area contributed by atoms with E-state index < -0.39 is 0 Å². The fraction of sp³-hybridized carbons (Fsp3) is 0.727. The molecule has 2 saturated heterocycles.